The maximum absolute atomic E-state index is 6.41. The van der Waals surface area contributed by atoms with Crippen LogP contribution in [0, 0.1) is 0 Å². The Bertz CT molecular complexity index is 2920. The van der Waals surface area contributed by atoms with Crippen molar-refractivity contribution in [3.63, 3.8) is 0 Å². The molecule has 0 aliphatic carbocycles. The summed E-state index contributed by atoms with van der Waals surface area (Å²) in [6, 6.07) is 75.9. The SMILES string of the molecule is c1ccc(-c2ccccc2N(c2ccc(-c3cccc(-c4ccc5ccccc5c4)c3)cc2)c2ccc(-c3cccc4c3oc3ccccc34)cc2)cc1. The molecule has 0 bridgehead atoms. The molecule has 2 heteroatoms. The van der Waals surface area contributed by atoms with Gasteiger partial charge in [-0.05, 0) is 92.7 Å². The summed E-state index contributed by atoms with van der Waals surface area (Å²) in [6.07, 6.45) is 0. The number of rotatable bonds is 7. The Kier molecular flexibility index (Phi) is 7.85. The standard InChI is InChI=1S/C52H35NO/c1-2-13-38(14-3-1)46-18-6-8-22-50(46)53(45-32-28-39(29-33-45)47-20-11-21-49-48-19-7-9-23-51(48)54-52(47)49)44-30-26-37(27-31-44)41-16-10-17-42(34-41)43-25-24-36-12-4-5-15-40(36)35-43/h1-35H. The van der Waals surface area contributed by atoms with Crippen LogP contribution in [0.25, 0.3) is 77.2 Å². The van der Waals surface area contributed by atoms with E-state index in [9.17, 15) is 0 Å². The van der Waals surface area contributed by atoms with Gasteiger partial charge >= 0.3 is 0 Å². The van der Waals surface area contributed by atoms with E-state index in [2.05, 4.69) is 205 Å². The van der Waals surface area contributed by atoms with E-state index in [1.54, 1.807) is 0 Å². The van der Waals surface area contributed by atoms with E-state index < -0.39 is 0 Å². The van der Waals surface area contributed by atoms with Gasteiger partial charge in [0, 0.05) is 33.3 Å². The van der Waals surface area contributed by atoms with Crippen LogP contribution in [0.1, 0.15) is 0 Å². The summed E-state index contributed by atoms with van der Waals surface area (Å²) in [5, 5.41) is 4.77. The fourth-order valence-electron chi connectivity index (χ4n) is 7.77. The molecule has 0 saturated carbocycles. The number of furan rings is 1. The number of benzene rings is 9. The molecular weight excluding hydrogens is 655 g/mol. The van der Waals surface area contributed by atoms with Crippen LogP contribution in [-0.2, 0) is 0 Å². The highest BCUT2D eigenvalue weighted by atomic mass is 16.3. The molecule has 0 N–H and O–H groups in total. The fraction of sp³-hybridized carbons (Fsp3) is 0. The molecule has 2 nitrogen and oxygen atoms in total. The molecule has 1 aromatic heterocycles. The van der Waals surface area contributed by atoms with Crippen molar-refractivity contribution in [2.45, 2.75) is 0 Å². The largest absolute Gasteiger partial charge is 0.455 e. The van der Waals surface area contributed by atoms with Crippen LogP contribution in [0.5, 0.6) is 0 Å². The number of anilines is 3. The first kappa shape index (κ1) is 31.6. The quantitative estimate of drug-likeness (QED) is 0.166. The molecule has 10 rings (SSSR count). The highest BCUT2D eigenvalue weighted by Gasteiger charge is 2.18. The number of hydrogen-bond donors (Lipinski definition) is 0. The summed E-state index contributed by atoms with van der Waals surface area (Å²) in [4.78, 5) is 2.36. The molecule has 0 aliphatic rings. The lowest BCUT2D eigenvalue weighted by atomic mass is 9.97. The zero-order valence-corrected chi connectivity index (χ0v) is 29.6. The predicted octanol–water partition coefficient (Wildman–Crippen LogP) is 14.9. The van der Waals surface area contributed by atoms with Crippen molar-refractivity contribution in [2.75, 3.05) is 4.90 Å². The minimum absolute atomic E-state index is 0.907. The zero-order chi connectivity index (χ0) is 35.8. The van der Waals surface area contributed by atoms with E-state index in [1.165, 1.54) is 44.2 Å². The second-order valence-corrected chi connectivity index (χ2v) is 13.7. The summed E-state index contributed by atoms with van der Waals surface area (Å²) >= 11 is 0. The normalized spacial score (nSPS) is 11.3. The molecule has 54 heavy (non-hydrogen) atoms. The van der Waals surface area contributed by atoms with Gasteiger partial charge in [0.25, 0.3) is 0 Å². The van der Waals surface area contributed by atoms with Crippen LogP contribution in [0.2, 0.25) is 0 Å². The summed E-state index contributed by atoms with van der Waals surface area (Å²) in [5.74, 6) is 0. The number of nitrogens with zero attached hydrogens (tertiary/aromatic N) is 1. The van der Waals surface area contributed by atoms with Crippen molar-refractivity contribution in [1.29, 1.82) is 0 Å². The second kappa shape index (κ2) is 13.4. The van der Waals surface area contributed by atoms with E-state index in [0.29, 0.717) is 0 Å². The summed E-state index contributed by atoms with van der Waals surface area (Å²) in [5.41, 5.74) is 14.4. The molecule has 9 aromatic carbocycles. The molecule has 0 unspecified atom stereocenters. The Labute approximate surface area is 314 Å². The van der Waals surface area contributed by atoms with Gasteiger partial charge in [0.1, 0.15) is 11.2 Å². The third kappa shape index (κ3) is 5.71. The first-order valence-corrected chi connectivity index (χ1v) is 18.4. The highest BCUT2D eigenvalue weighted by molar-refractivity contribution is 6.09. The van der Waals surface area contributed by atoms with Gasteiger partial charge in [0.2, 0.25) is 0 Å². The second-order valence-electron chi connectivity index (χ2n) is 13.7. The average molecular weight is 690 g/mol. The summed E-state index contributed by atoms with van der Waals surface area (Å²) in [6.45, 7) is 0. The zero-order valence-electron chi connectivity index (χ0n) is 29.6. The molecule has 0 aliphatic heterocycles. The van der Waals surface area contributed by atoms with Gasteiger partial charge < -0.3 is 9.32 Å². The van der Waals surface area contributed by atoms with Crippen LogP contribution in [-0.4, -0.2) is 0 Å². The van der Waals surface area contributed by atoms with Crippen LogP contribution in [0.15, 0.2) is 217 Å². The van der Waals surface area contributed by atoms with Crippen molar-refractivity contribution in [2.24, 2.45) is 0 Å². The molecule has 0 amide bonds. The van der Waals surface area contributed by atoms with E-state index >= 15 is 0 Å². The Balaban J connectivity index is 1.05. The lowest BCUT2D eigenvalue weighted by Gasteiger charge is -2.28. The van der Waals surface area contributed by atoms with Gasteiger partial charge in [-0.15, -0.1) is 0 Å². The number of para-hydroxylation sites is 3. The van der Waals surface area contributed by atoms with Crippen LogP contribution in [0.4, 0.5) is 17.1 Å². The minimum atomic E-state index is 0.907. The van der Waals surface area contributed by atoms with Crippen LogP contribution in [0.3, 0.4) is 0 Å². The molecule has 0 saturated heterocycles. The minimum Gasteiger partial charge on any atom is -0.455 e. The van der Waals surface area contributed by atoms with E-state index in [-0.39, 0.29) is 0 Å². The lowest BCUT2D eigenvalue weighted by molar-refractivity contribution is 0.670. The molecule has 0 spiro atoms. The molecule has 10 aromatic rings. The molecule has 1 heterocycles. The van der Waals surface area contributed by atoms with Gasteiger partial charge in [-0.2, -0.15) is 0 Å². The maximum Gasteiger partial charge on any atom is 0.143 e. The Morgan fingerprint density at radius 3 is 1.67 bits per heavy atom. The van der Waals surface area contributed by atoms with Crippen molar-refractivity contribution in [1.82, 2.24) is 0 Å². The van der Waals surface area contributed by atoms with Crippen molar-refractivity contribution < 1.29 is 4.42 Å². The fourth-order valence-corrected chi connectivity index (χ4v) is 7.77. The van der Waals surface area contributed by atoms with Gasteiger partial charge in [0.05, 0.1) is 5.69 Å². The summed E-state index contributed by atoms with van der Waals surface area (Å²) in [7, 11) is 0. The maximum atomic E-state index is 6.41. The van der Waals surface area contributed by atoms with Crippen LogP contribution < -0.4 is 4.90 Å². The molecule has 0 fully saturated rings. The Morgan fingerprint density at radius 1 is 0.315 bits per heavy atom. The predicted molar refractivity (Wildman–Crippen MR) is 228 cm³/mol. The lowest BCUT2D eigenvalue weighted by Crippen LogP contribution is -2.11. The van der Waals surface area contributed by atoms with Crippen LogP contribution >= 0.6 is 0 Å². The number of hydrogen-bond acceptors (Lipinski definition) is 2. The first-order chi connectivity index (χ1) is 26.8. The van der Waals surface area contributed by atoms with E-state index in [0.717, 1.165) is 50.1 Å². The Hall–Kier alpha value is -7.16. The van der Waals surface area contributed by atoms with E-state index in [4.69, 9.17) is 4.42 Å². The molecule has 254 valence electrons. The van der Waals surface area contributed by atoms with E-state index in [1.807, 2.05) is 12.1 Å². The molecular formula is C52H35NO. The van der Waals surface area contributed by atoms with Gasteiger partial charge in [-0.25, -0.2) is 0 Å². The van der Waals surface area contributed by atoms with Crippen molar-refractivity contribution in [3.05, 3.63) is 212 Å². The summed E-state index contributed by atoms with van der Waals surface area (Å²) < 4.78 is 6.41. The molecule has 0 atom stereocenters. The average Bonchev–Trinajstić information content (AvgIpc) is 3.64. The molecule has 0 radical (unpaired) electrons. The third-order valence-electron chi connectivity index (χ3n) is 10.5. The number of fused-ring (bicyclic) bond motifs is 4. The van der Waals surface area contributed by atoms with Gasteiger partial charge in [-0.1, -0.05) is 164 Å². The van der Waals surface area contributed by atoms with Crippen molar-refractivity contribution in [3.8, 4) is 44.5 Å². The Morgan fingerprint density at radius 2 is 0.852 bits per heavy atom. The topological polar surface area (TPSA) is 16.4 Å². The van der Waals surface area contributed by atoms with Crippen molar-refractivity contribution >= 4 is 49.8 Å². The van der Waals surface area contributed by atoms with Gasteiger partial charge in [0.15, 0.2) is 0 Å². The monoisotopic (exact) mass is 689 g/mol. The van der Waals surface area contributed by atoms with Gasteiger partial charge in [-0.3, -0.25) is 0 Å². The highest BCUT2D eigenvalue weighted by Crippen LogP contribution is 2.43. The third-order valence-corrected chi connectivity index (χ3v) is 10.5. The first-order valence-electron chi connectivity index (χ1n) is 18.4. The smallest absolute Gasteiger partial charge is 0.143 e.